The van der Waals surface area contributed by atoms with Gasteiger partial charge in [0.15, 0.2) is 11.6 Å². The summed E-state index contributed by atoms with van der Waals surface area (Å²) < 4.78 is 26.8. The number of hydrogen-bond donors (Lipinski definition) is 1. The number of amides is 4. The summed E-state index contributed by atoms with van der Waals surface area (Å²) in [6.45, 7) is 0.183. The summed E-state index contributed by atoms with van der Waals surface area (Å²) >= 11 is 0. The molecule has 0 radical (unpaired) electrons. The standard InChI is InChI=1S/C27H23F2N3O4/c28-20-4-2-14(8-21(20)29)17-9-27(10-17)11-18(12-27)32-23(33)6-5-22(26(32)36)31-13-16-7-15(24(30)34)1-3-19(16)25(31)35/h1-4,7-9,18,22H,5-6,10-13H2,(H2,30,34). The molecule has 2 aliphatic heterocycles. The number of likely N-dealkylation sites (tertiary alicyclic amines) is 1. The van der Waals surface area contributed by atoms with Crippen molar-refractivity contribution in [3.8, 4) is 0 Å². The number of nitrogens with zero attached hydrogens (tertiary/aromatic N) is 2. The SMILES string of the molecule is NC(=O)c1ccc2c(c1)CN(C1CCC(=O)N(C3CC4(C=C(c5ccc(F)c(F)c5)C4)C3)C1=O)C2=O. The van der Waals surface area contributed by atoms with Crippen molar-refractivity contribution in [3.05, 3.63) is 76.4 Å². The van der Waals surface area contributed by atoms with Gasteiger partial charge < -0.3 is 10.6 Å². The third-order valence-corrected chi connectivity index (χ3v) is 7.98. The fourth-order valence-corrected chi connectivity index (χ4v) is 6.13. The first-order chi connectivity index (χ1) is 17.2. The number of allylic oxidation sites excluding steroid dienone is 2. The van der Waals surface area contributed by atoms with Gasteiger partial charge in [-0.15, -0.1) is 0 Å². The average Bonchev–Trinajstić information content (AvgIpc) is 3.11. The first-order valence-corrected chi connectivity index (χ1v) is 11.9. The number of imide groups is 1. The smallest absolute Gasteiger partial charge is 0.255 e. The van der Waals surface area contributed by atoms with E-state index in [1.807, 2.05) is 6.08 Å². The van der Waals surface area contributed by atoms with Crippen LogP contribution in [0.5, 0.6) is 0 Å². The summed E-state index contributed by atoms with van der Waals surface area (Å²) in [5.41, 5.74) is 8.14. The monoisotopic (exact) mass is 491 g/mol. The van der Waals surface area contributed by atoms with E-state index in [0.717, 1.165) is 11.6 Å². The fraction of sp³-hybridized carbons (Fsp3) is 0.333. The van der Waals surface area contributed by atoms with Gasteiger partial charge in [0, 0.05) is 30.1 Å². The van der Waals surface area contributed by atoms with Crippen LogP contribution in [0.3, 0.4) is 0 Å². The number of carbonyl (C=O) groups excluding carboxylic acids is 4. The average molecular weight is 491 g/mol. The zero-order valence-electron chi connectivity index (χ0n) is 19.3. The van der Waals surface area contributed by atoms with Crippen molar-refractivity contribution in [3.63, 3.8) is 0 Å². The van der Waals surface area contributed by atoms with E-state index >= 15 is 0 Å². The van der Waals surface area contributed by atoms with Gasteiger partial charge >= 0.3 is 0 Å². The van der Waals surface area contributed by atoms with E-state index in [-0.39, 0.29) is 48.6 Å². The Morgan fingerprint density at radius 2 is 1.78 bits per heavy atom. The minimum atomic E-state index is -0.888. The van der Waals surface area contributed by atoms with E-state index in [4.69, 9.17) is 5.73 Å². The van der Waals surface area contributed by atoms with Crippen LogP contribution in [0.2, 0.25) is 0 Å². The molecular formula is C27H23F2N3O4. The molecule has 1 spiro atoms. The molecule has 2 aromatic rings. The summed E-state index contributed by atoms with van der Waals surface area (Å²) in [5.74, 6) is -3.27. The Balaban J connectivity index is 1.15. The first kappa shape index (κ1) is 22.6. The van der Waals surface area contributed by atoms with E-state index < -0.39 is 23.6 Å². The second-order valence-electron chi connectivity index (χ2n) is 10.2. The maximum atomic E-state index is 13.6. The third kappa shape index (κ3) is 3.37. The first-order valence-electron chi connectivity index (χ1n) is 11.9. The topological polar surface area (TPSA) is 101 Å². The molecule has 7 nitrogen and oxygen atoms in total. The Morgan fingerprint density at radius 3 is 2.47 bits per heavy atom. The van der Waals surface area contributed by atoms with E-state index in [2.05, 4.69) is 0 Å². The summed E-state index contributed by atoms with van der Waals surface area (Å²) in [4.78, 5) is 53.6. The number of fused-ring (bicyclic) bond motifs is 1. The lowest BCUT2D eigenvalue weighted by molar-refractivity contribution is -0.160. The van der Waals surface area contributed by atoms with Crippen LogP contribution in [0.1, 0.15) is 63.9 Å². The predicted octanol–water partition coefficient (Wildman–Crippen LogP) is 3.17. The molecule has 2 N–H and O–H groups in total. The number of halogens is 2. The van der Waals surface area contributed by atoms with Crippen molar-refractivity contribution < 1.29 is 28.0 Å². The van der Waals surface area contributed by atoms with Crippen molar-refractivity contribution in [2.24, 2.45) is 11.1 Å². The molecule has 4 aliphatic rings. The lowest BCUT2D eigenvalue weighted by Gasteiger charge is -2.55. The molecule has 1 atom stereocenters. The number of primary amides is 1. The molecule has 2 fully saturated rings. The Kier molecular flexibility index (Phi) is 4.90. The summed E-state index contributed by atoms with van der Waals surface area (Å²) in [5, 5.41) is 0. The fourth-order valence-electron chi connectivity index (χ4n) is 6.13. The molecule has 2 aromatic carbocycles. The largest absolute Gasteiger partial charge is 0.366 e. The molecule has 36 heavy (non-hydrogen) atoms. The van der Waals surface area contributed by atoms with Crippen molar-refractivity contribution >= 4 is 29.2 Å². The van der Waals surface area contributed by atoms with Crippen molar-refractivity contribution in [2.45, 2.75) is 50.7 Å². The Hall–Kier alpha value is -3.88. The minimum absolute atomic E-state index is 0.150. The molecule has 2 aliphatic carbocycles. The molecule has 184 valence electrons. The van der Waals surface area contributed by atoms with Crippen molar-refractivity contribution in [2.75, 3.05) is 0 Å². The van der Waals surface area contributed by atoms with Crippen molar-refractivity contribution in [1.82, 2.24) is 9.80 Å². The van der Waals surface area contributed by atoms with Gasteiger partial charge in [-0.2, -0.15) is 0 Å². The summed E-state index contributed by atoms with van der Waals surface area (Å²) in [6, 6.07) is 7.47. The zero-order chi connectivity index (χ0) is 25.4. The van der Waals surface area contributed by atoms with Crippen LogP contribution in [-0.2, 0) is 16.1 Å². The molecule has 1 saturated carbocycles. The van der Waals surface area contributed by atoms with Gasteiger partial charge in [-0.3, -0.25) is 24.1 Å². The van der Waals surface area contributed by atoms with Gasteiger partial charge in [-0.25, -0.2) is 8.78 Å². The number of piperidine rings is 1. The molecule has 1 saturated heterocycles. The highest BCUT2D eigenvalue weighted by Crippen LogP contribution is 2.58. The normalized spacial score (nSPS) is 27.1. The highest BCUT2D eigenvalue weighted by atomic mass is 19.2. The quantitative estimate of drug-likeness (QED) is 0.664. The molecule has 1 unspecified atom stereocenters. The number of hydrogen-bond acceptors (Lipinski definition) is 4. The third-order valence-electron chi connectivity index (χ3n) is 7.98. The van der Waals surface area contributed by atoms with Crippen LogP contribution in [0.25, 0.3) is 5.57 Å². The Bertz CT molecular complexity index is 1400. The van der Waals surface area contributed by atoms with Crippen molar-refractivity contribution in [1.29, 1.82) is 0 Å². The van der Waals surface area contributed by atoms with Crippen LogP contribution in [0.4, 0.5) is 8.78 Å². The zero-order valence-corrected chi connectivity index (χ0v) is 19.3. The van der Waals surface area contributed by atoms with Crippen LogP contribution >= 0.6 is 0 Å². The number of benzene rings is 2. The molecule has 0 bridgehead atoms. The minimum Gasteiger partial charge on any atom is -0.366 e. The van der Waals surface area contributed by atoms with Gasteiger partial charge in [0.05, 0.1) is 0 Å². The number of rotatable bonds is 4. The predicted molar refractivity (Wildman–Crippen MR) is 124 cm³/mol. The van der Waals surface area contributed by atoms with E-state index in [1.165, 1.54) is 21.9 Å². The number of nitrogens with two attached hydrogens (primary N) is 1. The van der Waals surface area contributed by atoms with Gasteiger partial charge in [0.2, 0.25) is 11.8 Å². The number of carbonyl (C=O) groups is 4. The molecule has 9 heteroatoms. The van der Waals surface area contributed by atoms with Crippen LogP contribution in [0, 0.1) is 17.0 Å². The van der Waals surface area contributed by atoms with Gasteiger partial charge in [-0.05, 0) is 78.1 Å². The second-order valence-corrected chi connectivity index (χ2v) is 10.2. The molecule has 2 heterocycles. The van der Waals surface area contributed by atoms with Gasteiger partial charge in [0.25, 0.3) is 11.8 Å². The van der Waals surface area contributed by atoms with Crippen LogP contribution < -0.4 is 5.73 Å². The second kappa shape index (κ2) is 7.81. The lowest BCUT2D eigenvalue weighted by Crippen LogP contribution is -2.62. The van der Waals surface area contributed by atoms with Gasteiger partial charge in [-0.1, -0.05) is 12.1 Å². The van der Waals surface area contributed by atoms with E-state index in [1.54, 1.807) is 18.2 Å². The van der Waals surface area contributed by atoms with Crippen LogP contribution in [-0.4, -0.2) is 45.5 Å². The van der Waals surface area contributed by atoms with Gasteiger partial charge in [0.1, 0.15) is 6.04 Å². The lowest BCUT2D eigenvalue weighted by atomic mass is 9.54. The van der Waals surface area contributed by atoms with E-state index in [9.17, 15) is 28.0 Å². The molecular weight excluding hydrogens is 468 g/mol. The Morgan fingerprint density at radius 1 is 1.03 bits per heavy atom. The molecule has 0 aromatic heterocycles. The van der Waals surface area contributed by atoms with E-state index in [0.29, 0.717) is 41.5 Å². The van der Waals surface area contributed by atoms with Crippen LogP contribution in [0.15, 0.2) is 42.5 Å². The maximum absolute atomic E-state index is 13.6. The molecule has 4 amide bonds. The molecule has 6 rings (SSSR count). The maximum Gasteiger partial charge on any atom is 0.255 e. The summed E-state index contributed by atoms with van der Waals surface area (Å²) in [6.07, 6.45) is 4.36. The highest BCUT2D eigenvalue weighted by Gasteiger charge is 2.54. The summed E-state index contributed by atoms with van der Waals surface area (Å²) in [7, 11) is 0. The highest BCUT2D eigenvalue weighted by molar-refractivity contribution is 6.06. The Labute approximate surface area is 205 Å².